The molecule has 1 atom stereocenters. The molecule has 5 nitrogen and oxygen atoms in total. The predicted octanol–water partition coefficient (Wildman–Crippen LogP) is 5.16. The third-order valence-corrected chi connectivity index (χ3v) is 6.42. The topological polar surface area (TPSA) is 76.7 Å². The van der Waals surface area contributed by atoms with Crippen LogP contribution in [0.3, 0.4) is 0 Å². The van der Waals surface area contributed by atoms with E-state index in [1.54, 1.807) is 23.7 Å². The van der Waals surface area contributed by atoms with E-state index in [1.165, 1.54) is 18.4 Å². The Balaban J connectivity index is 1.44. The number of fused-ring (bicyclic) bond motifs is 1. The maximum Gasteiger partial charge on any atom is 0.162 e. The molecule has 6 heteroatoms. The van der Waals surface area contributed by atoms with Crippen molar-refractivity contribution in [3.63, 3.8) is 0 Å². The molecule has 1 aliphatic rings. The first-order chi connectivity index (χ1) is 15.3. The van der Waals surface area contributed by atoms with Crippen molar-refractivity contribution in [3.8, 4) is 11.4 Å². The van der Waals surface area contributed by atoms with Gasteiger partial charge in [0.1, 0.15) is 5.82 Å². The summed E-state index contributed by atoms with van der Waals surface area (Å²) in [5.41, 5.74) is 10.8. The largest absolute Gasteiger partial charge is 0.367 e. The van der Waals surface area contributed by atoms with Crippen molar-refractivity contribution in [1.29, 1.82) is 0 Å². The number of nitrogens with zero attached hydrogens (tertiary/aromatic N) is 3. The van der Waals surface area contributed by atoms with Crippen molar-refractivity contribution >= 4 is 33.4 Å². The van der Waals surface area contributed by atoms with E-state index in [0.717, 1.165) is 39.5 Å². The van der Waals surface area contributed by atoms with Gasteiger partial charge < -0.3 is 11.1 Å². The van der Waals surface area contributed by atoms with Crippen LogP contribution in [0.15, 0.2) is 66.3 Å². The molecular weight excluding hydrogens is 402 g/mol. The Labute approximate surface area is 186 Å². The first-order valence-corrected chi connectivity index (χ1v) is 11.6. The Morgan fingerprint density at radius 2 is 1.90 bits per heavy atom. The predicted molar refractivity (Wildman–Crippen MR) is 129 cm³/mol. The lowest BCUT2D eigenvalue weighted by molar-refractivity contribution is 0.698. The van der Waals surface area contributed by atoms with Gasteiger partial charge in [-0.2, -0.15) is 0 Å². The van der Waals surface area contributed by atoms with Gasteiger partial charge >= 0.3 is 0 Å². The average Bonchev–Trinajstić information content (AvgIpc) is 3.55. The number of anilines is 1. The summed E-state index contributed by atoms with van der Waals surface area (Å²) in [6.45, 7) is 0.641. The first-order valence-electron chi connectivity index (χ1n) is 10.7. The normalized spacial score (nSPS) is 14.9. The Bertz CT molecular complexity index is 1180. The summed E-state index contributed by atoms with van der Waals surface area (Å²) < 4.78 is 1.07. The highest BCUT2D eigenvalue weighted by Gasteiger charge is 2.18. The summed E-state index contributed by atoms with van der Waals surface area (Å²) in [5.74, 6) is 2.27. The van der Waals surface area contributed by atoms with E-state index in [2.05, 4.69) is 40.0 Å². The van der Waals surface area contributed by atoms with Crippen LogP contribution in [-0.4, -0.2) is 27.5 Å². The number of nitrogens with one attached hydrogen (secondary N) is 1. The van der Waals surface area contributed by atoms with Gasteiger partial charge in [0.2, 0.25) is 0 Å². The van der Waals surface area contributed by atoms with Crippen LogP contribution >= 0.6 is 11.3 Å². The minimum Gasteiger partial charge on any atom is -0.367 e. The molecular formula is C25H25N5S. The molecule has 4 aromatic rings. The fourth-order valence-electron chi connectivity index (χ4n) is 3.55. The molecule has 0 bridgehead atoms. The third-order valence-electron chi connectivity index (χ3n) is 5.42. The molecule has 0 radical (unpaired) electrons. The van der Waals surface area contributed by atoms with Gasteiger partial charge in [0.05, 0.1) is 10.2 Å². The second-order valence-electron chi connectivity index (χ2n) is 8.03. The zero-order valence-corrected chi connectivity index (χ0v) is 18.1. The molecule has 1 aromatic carbocycles. The highest BCUT2D eigenvalue weighted by Crippen LogP contribution is 2.35. The van der Waals surface area contributed by atoms with Crippen LogP contribution in [0.25, 0.3) is 27.7 Å². The number of benzene rings is 1. The summed E-state index contributed by atoms with van der Waals surface area (Å²) in [5, 5.41) is 5.67. The average molecular weight is 428 g/mol. The number of hydrogen-bond donors (Lipinski definition) is 2. The Hall–Kier alpha value is -3.09. The molecule has 0 saturated heterocycles. The molecule has 1 fully saturated rings. The summed E-state index contributed by atoms with van der Waals surface area (Å²) in [7, 11) is 0. The van der Waals surface area contributed by atoms with Crippen LogP contribution in [0, 0.1) is 5.92 Å². The minimum atomic E-state index is -0.00835. The lowest BCUT2D eigenvalue weighted by atomic mass is 10.1. The Morgan fingerprint density at radius 3 is 2.68 bits per heavy atom. The number of rotatable bonds is 8. The van der Waals surface area contributed by atoms with Gasteiger partial charge in [-0.05, 0) is 42.9 Å². The van der Waals surface area contributed by atoms with Crippen LogP contribution < -0.4 is 11.1 Å². The Kier molecular flexibility index (Phi) is 5.74. The fourth-order valence-corrected chi connectivity index (χ4v) is 4.49. The van der Waals surface area contributed by atoms with Gasteiger partial charge in [-0.25, -0.2) is 9.97 Å². The molecule has 31 heavy (non-hydrogen) atoms. The van der Waals surface area contributed by atoms with Crippen molar-refractivity contribution < 1.29 is 0 Å². The number of thiophene rings is 1. The van der Waals surface area contributed by atoms with Crippen molar-refractivity contribution in [2.75, 3.05) is 11.9 Å². The highest BCUT2D eigenvalue weighted by molar-refractivity contribution is 7.18. The second-order valence-corrected chi connectivity index (χ2v) is 8.91. The van der Waals surface area contributed by atoms with Crippen molar-refractivity contribution in [1.82, 2.24) is 15.0 Å². The van der Waals surface area contributed by atoms with Crippen LogP contribution in [0.4, 0.5) is 5.82 Å². The van der Waals surface area contributed by atoms with Crippen LogP contribution in [-0.2, 0) is 6.42 Å². The van der Waals surface area contributed by atoms with Crippen molar-refractivity contribution in [3.05, 3.63) is 77.4 Å². The maximum atomic E-state index is 6.42. The fraction of sp³-hybridized carbons (Fsp3) is 0.240. The van der Waals surface area contributed by atoms with Gasteiger partial charge in [-0.1, -0.05) is 42.5 Å². The molecule has 0 spiro atoms. The number of aromatic nitrogens is 3. The van der Waals surface area contributed by atoms with E-state index in [4.69, 9.17) is 15.7 Å². The zero-order valence-electron chi connectivity index (χ0n) is 17.2. The summed E-state index contributed by atoms with van der Waals surface area (Å²) in [6.07, 6.45) is 11.5. The highest BCUT2D eigenvalue weighted by atomic mass is 32.1. The zero-order chi connectivity index (χ0) is 21.0. The number of nitrogens with two attached hydrogens (primary N) is 1. The number of hydrogen-bond acceptors (Lipinski definition) is 6. The smallest absolute Gasteiger partial charge is 0.162 e. The molecule has 3 N–H and O–H groups in total. The van der Waals surface area contributed by atoms with Crippen molar-refractivity contribution in [2.45, 2.75) is 25.3 Å². The molecule has 5 rings (SSSR count). The van der Waals surface area contributed by atoms with E-state index in [0.29, 0.717) is 12.4 Å². The molecule has 156 valence electrons. The molecule has 1 aliphatic carbocycles. The number of pyridine rings is 1. The SMILES string of the molecule is NC(CNc1nc(-c2ccncc2)nc2c(C=CC3CC3)csc12)Cc1ccccc1. The maximum absolute atomic E-state index is 6.42. The lowest BCUT2D eigenvalue weighted by Crippen LogP contribution is -2.31. The third kappa shape index (κ3) is 4.81. The monoisotopic (exact) mass is 427 g/mol. The van der Waals surface area contributed by atoms with Gasteiger partial charge in [0, 0.05) is 41.5 Å². The molecule has 0 aliphatic heterocycles. The van der Waals surface area contributed by atoms with Gasteiger partial charge in [-0.15, -0.1) is 11.3 Å². The van der Waals surface area contributed by atoms with Crippen LogP contribution in [0.1, 0.15) is 24.0 Å². The minimum absolute atomic E-state index is 0.00835. The van der Waals surface area contributed by atoms with Crippen molar-refractivity contribution in [2.24, 2.45) is 11.7 Å². The van der Waals surface area contributed by atoms with Gasteiger partial charge in [-0.3, -0.25) is 4.98 Å². The summed E-state index contributed by atoms with van der Waals surface area (Å²) in [4.78, 5) is 13.9. The standard InChI is InChI=1S/C25H25N5S/c26-21(14-18-4-2-1-3-5-18)15-28-25-23-22(20(16-31-23)9-8-17-6-7-17)29-24(30-25)19-10-12-27-13-11-19/h1-5,8-13,16-17,21H,6-7,14-15,26H2,(H,28,29,30). The molecule has 3 heterocycles. The van der Waals surface area contributed by atoms with E-state index >= 15 is 0 Å². The summed E-state index contributed by atoms with van der Waals surface area (Å²) >= 11 is 1.68. The van der Waals surface area contributed by atoms with E-state index < -0.39 is 0 Å². The van der Waals surface area contributed by atoms with Gasteiger partial charge in [0.25, 0.3) is 0 Å². The molecule has 1 saturated carbocycles. The number of allylic oxidation sites excluding steroid dienone is 1. The first kappa shape index (κ1) is 19.8. The quantitative estimate of drug-likeness (QED) is 0.406. The summed E-state index contributed by atoms with van der Waals surface area (Å²) in [6, 6.07) is 14.2. The van der Waals surface area contributed by atoms with E-state index in [9.17, 15) is 0 Å². The molecule has 1 unspecified atom stereocenters. The molecule has 0 amide bonds. The van der Waals surface area contributed by atoms with Crippen LogP contribution in [0.2, 0.25) is 0 Å². The Morgan fingerprint density at radius 1 is 1.10 bits per heavy atom. The van der Waals surface area contributed by atoms with E-state index in [1.807, 2.05) is 30.3 Å². The lowest BCUT2D eigenvalue weighted by Gasteiger charge is -2.14. The van der Waals surface area contributed by atoms with E-state index in [-0.39, 0.29) is 6.04 Å². The second kappa shape index (κ2) is 8.96. The molecule has 3 aromatic heterocycles. The van der Waals surface area contributed by atoms with Crippen LogP contribution in [0.5, 0.6) is 0 Å². The van der Waals surface area contributed by atoms with Gasteiger partial charge in [0.15, 0.2) is 5.82 Å².